The number of hydrogen-bond donors (Lipinski definition) is 1. The lowest BCUT2D eigenvalue weighted by Gasteiger charge is -2.34. The lowest BCUT2D eigenvalue weighted by Crippen LogP contribution is -2.47. The number of nitrogens with one attached hydrogen (secondary N) is 1. The number of carbonyl (C=O) groups excluding carboxylic acids is 2. The van der Waals surface area contributed by atoms with Crippen molar-refractivity contribution in [3.63, 3.8) is 0 Å². The van der Waals surface area contributed by atoms with Crippen molar-refractivity contribution in [3.8, 4) is 0 Å². The fraction of sp³-hybridized carbons (Fsp3) is 0.579. The Balaban J connectivity index is 1.64. The van der Waals surface area contributed by atoms with Crippen molar-refractivity contribution in [1.82, 2.24) is 15.1 Å². The standard InChI is InChI=1S/C19H27N3O2/c1-15-5-7-16(8-6-15)18(23)22-11-2-4-17(14-22)19(24)21-12-3-9-20-10-13-21/h5-8,17,20H,2-4,9-14H2,1H3. The molecule has 5 heteroatoms. The average molecular weight is 329 g/mol. The van der Waals surface area contributed by atoms with Crippen LogP contribution in [0.2, 0.25) is 0 Å². The zero-order chi connectivity index (χ0) is 16.9. The minimum absolute atomic E-state index is 0.0463. The highest BCUT2D eigenvalue weighted by Crippen LogP contribution is 2.21. The van der Waals surface area contributed by atoms with Crippen LogP contribution in [0.25, 0.3) is 0 Å². The Bertz CT molecular complexity index is 577. The Morgan fingerprint density at radius 3 is 2.54 bits per heavy atom. The van der Waals surface area contributed by atoms with Gasteiger partial charge in [-0.1, -0.05) is 17.7 Å². The Labute approximate surface area is 144 Å². The molecule has 1 atom stereocenters. The van der Waals surface area contributed by atoms with E-state index in [9.17, 15) is 9.59 Å². The van der Waals surface area contributed by atoms with Gasteiger partial charge in [0, 0.05) is 38.3 Å². The van der Waals surface area contributed by atoms with Crippen LogP contribution in [0.4, 0.5) is 0 Å². The second kappa shape index (κ2) is 7.79. The maximum atomic E-state index is 12.8. The molecule has 1 aromatic carbocycles. The Kier molecular flexibility index (Phi) is 5.51. The Hall–Kier alpha value is -1.88. The molecule has 24 heavy (non-hydrogen) atoms. The van der Waals surface area contributed by atoms with E-state index in [-0.39, 0.29) is 17.7 Å². The van der Waals surface area contributed by atoms with E-state index in [0.29, 0.717) is 12.1 Å². The maximum Gasteiger partial charge on any atom is 0.253 e. The van der Waals surface area contributed by atoms with E-state index >= 15 is 0 Å². The average Bonchev–Trinajstić information content (AvgIpc) is 2.90. The molecule has 0 radical (unpaired) electrons. The second-order valence-corrected chi connectivity index (χ2v) is 6.89. The van der Waals surface area contributed by atoms with Crippen molar-refractivity contribution in [2.75, 3.05) is 39.3 Å². The van der Waals surface area contributed by atoms with Crippen LogP contribution in [0.15, 0.2) is 24.3 Å². The molecular weight excluding hydrogens is 302 g/mol. The molecule has 2 aliphatic heterocycles. The van der Waals surface area contributed by atoms with Crippen LogP contribution in [0.1, 0.15) is 35.2 Å². The van der Waals surface area contributed by atoms with Crippen molar-refractivity contribution >= 4 is 11.8 Å². The van der Waals surface area contributed by atoms with Crippen LogP contribution < -0.4 is 5.32 Å². The quantitative estimate of drug-likeness (QED) is 0.898. The lowest BCUT2D eigenvalue weighted by atomic mass is 9.95. The fourth-order valence-electron chi connectivity index (χ4n) is 3.57. The molecular formula is C19H27N3O2. The number of carbonyl (C=O) groups is 2. The number of nitrogens with zero attached hydrogens (tertiary/aromatic N) is 2. The van der Waals surface area contributed by atoms with Crippen molar-refractivity contribution < 1.29 is 9.59 Å². The summed E-state index contributed by atoms with van der Waals surface area (Å²) in [5, 5.41) is 3.33. The van der Waals surface area contributed by atoms with E-state index in [1.807, 2.05) is 41.0 Å². The highest BCUT2D eigenvalue weighted by atomic mass is 16.2. The molecule has 2 heterocycles. The summed E-state index contributed by atoms with van der Waals surface area (Å²) < 4.78 is 0. The van der Waals surface area contributed by atoms with Gasteiger partial charge < -0.3 is 15.1 Å². The van der Waals surface area contributed by atoms with Gasteiger partial charge in [0.25, 0.3) is 5.91 Å². The molecule has 0 saturated carbocycles. The number of hydrogen-bond acceptors (Lipinski definition) is 3. The molecule has 1 aromatic rings. The van der Waals surface area contributed by atoms with Crippen LogP contribution in [0.5, 0.6) is 0 Å². The number of aryl methyl sites for hydroxylation is 1. The van der Waals surface area contributed by atoms with Crippen LogP contribution >= 0.6 is 0 Å². The molecule has 2 fully saturated rings. The van der Waals surface area contributed by atoms with E-state index < -0.39 is 0 Å². The normalized spacial score (nSPS) is 22.1. The molecule has 3 rings (SSSR count). The third-order valence-corrected chi connectivity index (χ3v) is 5.01. The number of piperidine rings is 1. The summed E-state index contributed by atoms with van der Waals surface area (Å²) in [6.45, 7) is 6.76. The topological polar surface area (TPSA) is 52.7 Å². The van der Waals surface area contributed by atoms with Crippen LogP contribution in [0.3, 0.4) is 0 Å². The van der Waals surface area contributed by atoms with Gasteiger partial charge in [-0.05, 0) is 44.9 Å². The number of rotatable bonds is 2. The first-order chi connectivity index (χ1) is 11.6. The van der Waals surface area contributed by atoms with Gasteiger partial charge in [-0.2, -0.15) is 0 Å². The van der Waals surface area contributed by atoms with Gasteiger partial charge in [-0.15, -0.1) is 0 Å². The monoisotopic (exact) mass is 329 g/mol. The summed E-state index contributed by atoms with van der Waals surface area (Å²) in [5.41, 5.74) is 1.86. The third kappa shape index (κ3) is 3.96. The Morgan fingerprint density at radius 2 is 1.75 bits per heavy atom. The summed E-state index contributed by atoms with van der Waals surface area (Å²) in [4.78, 5) is 29.3. The first-order valence-corrected chi connectivity index (χ1v) is 9.00. The molecule has 0 spiro atoms. The molecule has 0 aromatic heterocycles. The molecule has 130 valence electrons. The molecule has 1 unspecified atom stereocenters. The lowest BCUT2D eigenvalue weighted by molar-refractivity contribution is -0.136. The van der Waals surface area contributed by atoms with Gasteiger partial charge in [0.05, 0.1) is 5.92 Å². The predicted molar refractivity (Wildman–Crippen MR) is 93.9 cm³/mol. The van der Waals surface area contributed by atoms with Crippen LogP contribution in [0, 0.1) is 12.8 Å². The second-order valence-electron chi connectivity index (χ2n) is 6.89. The minimum Gasteiger partial charge on any atom is -0.341 e. The number of likely N-dealkylation sites (tertiary alicyclic amines) is 1. The van der Waals surface area contributed by atoms with E-state index in [4.69, 9.17) is 0 Å². The highest BCUT2D eigenvalue weighted by molar-refractivity contribution is 5.94. The highest BCUT2D eigenvalue weighted by Gasteiger charge is 2.31. The molecule has 0 aliphatic carbocycles. The van der Waals surface area contributed by atoms with Gasteiger partial charge >= 0.3 is 0 Å². The Morgan fingerprint density at radius 1 is 1.00 bits per heavy atom. The van der Waals surface area contributed by atoms with E-state index in [1.165, 1.54) is 0 Å². The van der Waals surface area contributed by atoms with Crippen molar-refractivity contribution in [2.24, 2.45) is 5.92 Å². The molecule has 2 amide bonds. The third-order valence-electron chi connectivity index (χ3n) is 5.01. The van der Waals surface area contributed by atoms with Crippen LogP contribution in [-0.4, -0.2) is 60.9 Å². The summed E-state index contributed by atoms with van der Waals surface area (Å²) in [5.74, 6) is 0.219. The summed E-state index contributed by atoms with van der Waals surface area (Å²) >= 11 is 0. The predicted octanol–water partition coefficient (Wildman–Crippen LogP) is 1.67. The number of benzene rings is 1. The smallest absolute Gasteiger partial charge is 0.253 e. The van der Waals surface area contributed by atoms with Crippen molar-refractivity contribution in [2.45, 2.75) is 26.2 Å². The summed E-state index contributed by atoms with van der Waals surface area (Å²) in [6.07, 6.45) is 2.80. The molecule has 2 aliphatic rings. The van der Waals surface area contributed by atoms with Gasteiger partial charge in [-0.25, -0.2) is 0 Å². The van der Waals surface area contributed by atoms with Gasteiger partial charge in [0.2, 0.25) is 5.91 Å². The first-order valence-electron chi connectivity index (χ1n) is 9.00. The first kappa shape index (κ1) is 17.0. The van der Waals surface area contributed by atoms with Crippen molar-refractivity contribution in [3.05, 3.63) is 35.4 Å². The van der Waals surface area contributed by atoms with Crippen molar-refractivity contribution in [1.29, 1.82) is 0 Å². The largest absolute Gasteiger partial charge is 0.341 e. The number of amides is 2. The molecule has 5 nitrogen and oxygen atoms in total. The summed E-state index contributed by atoms with van der Waals surface area (Å²) in [7, 11) is 0. The fourth-order valence-corrected chi connectivity index (χ4v) is 3.57. The maximum absolute atomic E-state index is 12.8. The van der Waals surface area contributed by atoms with E-state index in [2.05, 4.69) is 5.32 Å². The summed E-state index contributed by atoms with van der Waals surface area (Å²) in [6, 6.07) is 7.68. The van der Waals surface area contributed by atoms with Gasteiger partial charge in [0.1, 0.15) is 0 Å². The SMILES string of the molecule is Cc1ccc(C(=O)N2CCCC(C(=O)N3CCCNCC3)C2)cc1. The molecule has 0 bridgehead atoms. The zero-order valence-electron chi connectivity index (χ0n) is 14.5. The zero-order valence-corrected chi connectivity index (χ0v) is 14.5. The molecule has 2 saturated heterocycles. The van der Waals surface area contributed by atoms with Gasteiger partial charge in [0.15, 0.2) is 0 Å². The van der Waals surface area contributed by atoms with Crippen LogP contribution in [-0.2, 0) is 4.79 Å². The van der Waals surface area contributed by atoms with Gasteiger partial charge in [-0.3, -0.25) is 9.59 Å². The minimum atomic E-state index is -0.0498. The molecule has 1 N–H and O–H groups in total. The van der Waals surface area contributed by atoms with E-state index in [0.717, 1.165) is 57.5 Å². The van der Waals surface area contributed by atoms with E-state index in [1.54, 1.807) is 0 Å².